The average molecular weight is 420 g/mol. The number of nitrogens with one attached hydrogen (secondary N) is 1. The van der Waals surface area contributed by atoms with E-state index in [0.29, 0.717) is 17.0 Å². The number of amides is 1. The van der Waals surface area contributed by atoms with Crippen LogP contribution < -0.4 is 15.8 Å². The summed E-state index contributed by atoms with van der Waals surface area (Å²) in [6.45, 7) is 0. The first-order chi connectivity index (χ1) is 15.0. The van der Waals surface area contributed by atoms with Gasteiger partial charge in [-0.1, -0.05) is 36.4 Å². The fourth-order valence-electron chi connectivity index (χ4n) is 3.93. The van der Waals surface area contributed by atoms with Gasteiger partial charge in [0.15, 0.2) is 11.6 Å². The molecule has 0 unspecified atom stereocenters. The van der Waals surface area contributed by atoms with Gasteiger partial charge in [-0.15, -0.1) is 0 Å². The summed E-state index contributed by atoms with van der Waals surface area (Å²) < 4.78 is 20.0. The van der Waals surface area contributed by atoms with Crippen molar-refractivity contribution in [2.24, 2.45) is 5.73 Å². The Hall–Kier alpha value is -3.38. The Kier molecular flexibility index (Phi) is 6.18. The van der Waals surface area contributed by atoms with E-state index in [1.807, 2.05) is 24.3 Å². The van der Waals surface area contributed by atoms with Gasteiger partial charge in [-0.25, -0.2) is 4.39 Å². The molecule has 5 nitrogen and oxygen atoms in total. The minimum Gasteiger partial charge on any atom is -0.454 e. The van der Waals surface area contributed by atoms with Crippen molar-refractivity contribution < 1.29 is 19.0 Å². The van der Waals surface area contributed by atoms with Gasteiger partial charge < -0.3 is 20.9 Å². The molecule has 0 aliphatic heterocycles. The zero-order valence-electron chi connectivity index (χ0n) is 17.1. The Morgan fingerprint density at radius 3 is 2.35 bits per heavy atom. The number of halogens is 1. The molecule has 31 heavy (non-hydrogen) atoms. The molecule has 0 aromatic heterocycles. The highest BCUT2D eigenvalue weighted by Gasteiger charge is 2.21. The van der Waals surface area contributed by atoms with Crippen molar-refractivity contribution in [3.63, 3.8) is 0 Å². The number of para-hydroxylation sites is 2. The minimum absolute atomic E-state index is 0.141. The first-order valence-electron chi connectivity index (χ1n) is 10.4. The van der Waals surface area contributed by atoms with Gasteiger partial charge >= 0.3 is 0 Å². The number of hydrogen-bond donors (Lipinski definition) is 3. The number of carbonyl (C=O) groups excluding carboxylic acids is 1. The molecule has 6 heteroatoms. The third-order valence-electron chi connectivity index (χ3n) is 5.60. The number of hydrogen-bond acceptors (Lipinski definition) is 4. The van der Waals surface area contributed by atoms with Gasteiger partial charge in [-0.3, -0.25) is 4.79 Å². The molecule has 4 rings (SSSR count). The summed E-state index contributed by atoms with van der Waals surface area (Å²) >= 11 is 0. The number of nitrogens with two attached hydrogens (primary N) is 1. The highest BCUT2D eigenvalue weighted by atomic mass is 19.1. The maximum atomic E-state index is 14.1. The fourth-order valence-corrected chi connectivity index (χ4v) is 3.93. The molecule has 0 heterocycles. The Morgan fingerprint density at radius 1 is 0.968 bits per heavy atom. The van der Waals surface area contributed by atoms with Crippen molar-refractivity contribution in [2.45, 2.75) is 37.8 Å². The highest BCUT2D eigenvalue weighted by molar-refractivity contribution is 5.99. The summed E-state index contributed by atoms with van der Waals surface area (Å²) in [5, 5.41) is 13.2. The van der Waals surface area contributed by atoms with E-state index < -0.39 is 11.7 Å². The van der Waals surface area contributed by atoms with E-state index in [-0.39, 0.29) is 17.9 Å². The summed E-state index contributed by atoms with van der Waals surface area (Å²) in [7, 11) is 0. The van der Waals surface area contributed by atoms with E-state index in [0.717, 1.165) is 36.8 Å². The van der Waals surface area contributed by atoms with Crippen molar-refractivity contribution in [1.29, 1.82) is 0 Å². The van der Waals surface area contributed by atoms with Gasteiger partial charge in [-0.05, 0) is 61.6 Å². The molecule has 1 aliphatic rings. The molecule has 0 bridgehead atoms. The second-order valence-corrected chi connectivity index (χ2v) is 7.80. The van der Waals surface area contributed by atoms with E-state index in [1.165, 1.54) is 6.07 Å². The van der Waals surface area contributed by atoms with Crippen LogP contribution in [0.15, 0.2) is 66.7 Å². The molecule has 1 amide bonds. The van der Waals surface area contributed by atoms with Crippen molar-refractivity contribution in [3.8, 4) is 22.6 Å². The summed E-state index contributed by atoms with van der Waals surface area (Å²) in [5.41, 5.74) is 8.23. The summed E-state index contributed by atoms with van der Waals surface area (Å²) in [6, 6.07) is 19.1. The summed E-state index contributed by atoms with van der Waals surface area (Å²) in [4.78, 5) is 12.0. The maximum Gasteiger partial charge on any atom is 0.250 e. The number of anilines is 1. The van der Waals surface area contributed by atoms with Gasteiger partial charge in [0, 0.05) is 17.3 Å². The van der Waals surface area contributed by atoms with Gasteiger partial charge in [0.25, 0.3) is 5.91 Å². The lowest BCUT2D eigenvalue weighted by Crippen LogP contribution is -2.29. The van der Waals surface area contributed by atoms with Crippen LogP contribution in [0, 0.1) is 5.82 Å². The van der Waals surface area contributed by atoms with Gasteiger partial charge in [0.1, 0.15) is 5.75 Å². The fraction of sp³-hybridized carbons (Fsp3) is 0.240. The zero-order chi connectivity index (χ0) is 21.8. The van der Waals surface area contributed by atoms with Crippen LogP contribution in [0.3, 0.4) is 0 Å². The Bertz CT molecular complexity index is 1080. The Morgan fingerprint density at radius 2 is 1.65 bits per heavy atom. The van der Waals surface area contributed by atoms with Crippen LogP contribution in [-0.4, -0.2) is 23.2 Å². The number of carbonyl (C=O) groups is 1. The van der Waals surface area contributed by atoms with Gasteiger partial charge in [0.2, 0.25) is 0 Å². The SMILES string of the molecule is NC(=O)c1ccc(-c2ccccc2Oc2ccccc2F)cc1NC1CCC(O)CC1. The van der Waals surface area contributed by atoms with Crippen LogP contribution in [0.1, 0.15) is 36.0 Å². The first kappa shape index (κ1) is 20.9. The Balaban J connectivity index is 1.67. The number of ether oxygens (including phenoxy) is 1. The molecule has 3 aromatic carbocycles. The molecule has 0 atom stereocenters. The number of aliphatic hydroxyl groups is 1. The Labute approximate surface area is 180 Å². The summed E-state index contributed by atoms with van der Waals surface area (Å²) in [5.74, 6) is -0.307. The molecule has 4 N–H and O–H groups in total. The third kappa shape index (κ3) is 4.86. The highest BCUT2D eigenvalue weighted by Crippen LogP contribution is 2.36. The lowest BCUT2D eigenvalue weighted by atomic mass is 9.92. The van der Waals surface area contributed by atoms with E-state index in [9.17, 15) is 14.3 Å². The van der Waals surface area contributed by atoms with E-state index in [2.05, 4.69) is 5.32 Å². The molecular formula is C25H25FN2O3. The maximum absolute atomic E-state index is 14.1. The van der Waals surface area contributed by atoms with Crippen LogP contribution in [0.4, 0.5) is 10.1 Å². The molecule has 3 aromatic rings. The predicted octanol–water partition coefficient (Wildman–Crippen LogP) is 5.10. The van der Waals surface area contributed by atoms with Crippen molar-refractivity contribution in [2.75, 3.05) is 5.32 Å². The topological polar surface area (TPSA) is 84.6 Å². The lowest BCUT2D eigenvalue weighted by molar-refractivity contribution is 0.100. The summed E-state index contributed by atoms with van der Waals surface area (Å²) in [6.07, 6.45) is 2.82. The second kappa shape index (κ2) is 9.18. The molecule has 1 saturated carbocycles. The van der Waals surface area contributed by atoms with Gasteiger partial charge in [-0.2, -0.15) is 0 Å². The van der Waals surface area contributed by atoms with E-state index in [4.69, 9.17) is 10.5 Å². The first-order valence-corrected chi connectivity index (χ1v) is 10.4. The quantitative estimate of drug-likeness (QED) is 0.518. The van der Waals surface area contributed by atoms with Crippen molar-refractivity contribution in [1.82, 2.24) is 0 Å². The lowest BCUT2D eigenvalue weighted by Gasteiger charge is -2.28. The molecule has 1 fully saturated rings. The monoisotopic (exact) mass is 420 g/mol. The number of aliphatic hydroxyl groups excluding tert-OH is 1. The predicted molar refractivity (Wildman–Crippen MR) is 119 cm³/mol. The molecular weight excluding hydrogens is 395 g/mol. The third-order valence-corrected chi connectivity index (χ3v) is 5.60. The molecule has 0 saturated heterocycles. The molecule has 0 spiro atoms. The van der Waals surface area contributed by atoms with E-state index in [1.54, 1.807) is 36.4 Å². The van der Waals surface area contributed by atoms with Crippen LogP contribution in [0.25, 0.3) is 11.1 Å². The normalized spacial score (nSPS) is 18.4. The average Bonchev–Trinajstić information content (AvgIpc) is 2.77. The smallest absolute Gasteiger partial charge is 0.250 e. The number of benzene rings is 3. The van der Waals surface area contributed by atoms with Crippen LogP contribution in [0.5, 0.6) is 11.5 Å². The standard InChI is InChI=1S/C25H25FN2O3/c26-21-6-2-4-8-24(21)31-23-7-3-1-5-19(23)16-9-14-20(25(27)30)22(15-16)28-17-10-12-18(29)13-11-17/h1-9,14-15,17-18,28-29H,10-13H2,(H2,27,30). The van der Waals surface area contributed by atoms with Crippen LogP contribution >= 0.6 is 0 Å². The minimum atomic E-state index is -0.513. The van der Waals surface area contributed by atoms with Crippen LogP contribution in [-0.2, 0) is 0 Å². The molecule has 0 radical (unpaired) electrons. The van der Waals surface area contributed by atoms with E-state index >= 15 is 0 Å². The zero-order valence-corrected chi connectivity index (χ0v) is 17.1. The largest absolute Gasteiger partial charge is 0.454 e. The molecule has 1 aliphatic carbocycles. The van der Waals surface area contributed by atoms with Crippen molar-refractivity contribution >= 4 is 11.6 Å². The number of primary amides is 1. The van der Waals surface area contributed by atoms with Gasteiger partial charge in [0.05, 0.1) is 11.7 Å². The number of rotatable bonds is 6. The van der Waals surface area contributed by atoms with Crippen molar-refractivity contribution in [3.05, 3.63) is 78.1 Å². The molecule has 160 valence electrons. The second-order valence-electron chi connectivity index (χ2n) is 7.80. The van der Waals surface area contributed by atoms with Crippen LogP contribution in [0.2, 0.25) is 0 Å².